The van der Waals surface area contributed by atoms with Crippen LogP contribution in [0.3, 0.4) is 0 Å². The minimum absolute atomic E-state index is 0.220. The molecule has 0 amide bonds. The fraction of sp³-hybridized carbons (Fsp3) is 0.0714. The fourth-order valence-electron chi connectivity index (χ4n) is 1.69. The van der Waals surface area contributed by atoms with Gasteiger partial charge < -0.3 is 10.9 Å². The van der Waals surface area contributed by atoms with Crippen LogP contribution in [0.4, 0.5) is 0 Å². The molecule has 0 bridgehead atoms. The first-order chi connectivity index (χ1) is 8.29. The van der Waals surface area contributed by atoms with Gasteiger partial charge in [0, 0.05) is 6.42 Å². The van der Waals surface area contributed by atoms with Crippen molar-refractivity contribution in [3.63, 3.8) is 0 Å². The number of amidine groups is 1. The van der Waals surface area contributed by atoms with Crippen molar-refractivity contribution < 1.29 is 5.21 Å². The Bertz CT molecular complexity index is 504. The van der Waals surface area contributed by atoms with Crippen LogP contribution in [0.15, 0.2) is 59.8 Å². The molecule has 0 spiro atoms. The Morgan fingerprint density at radius 1 is 0.941 bits per heavy atom. The highest BCUT2D eigenvalue weighted by atomic mass is 16.4. The van der Waals surface area contributed by atoms with Gasteiger partial charge in [-0.1, -0.05) is 59.8 Å². The first-order valence-corrected chi connectivity index (χ1v) is 5.40. The van der Waals surface area contributed by atoms with E-state index in [1.165, 1.54) is 5.56 Å². The maximum absolute atomic E-state index is 8.49. The van der Waals surface area contributed by atoms with Gasteiger partial charge in [-0.2, -0.15) is 0 Å². The third-order valence-corrected chi connectivity index (χ3v) is 2.57. The summed E-state index contributed by atoms with van der Waals surface area (Å²) in [5.41, 5.74) is 8.83. The van der Waals surface area contributed by atoms with Crippen molar-refractivity contribution in [2.24, 2.45) is 10.9 Å². The summed E-state index contributed by atoms with van der Waals surface area (Å²) in [5.74, 6) is 0.220. The smallest absolute Gasteiger partial charge is 0.143 e. The van der Waals surface area contributed by atoms with E-state index in [4.69, 9.17) is 10.9 Å². The SMILES string of the molecule is NC(Cc1ccc(-c2ccccc2)cc1)=NO. The van der Waals surface area contributed by atoms with Gasteiger partial charge in [-0.05, 0) is 16.7 Å². The Labute approximate surface area is 100 Å². The highest BCUT2D eigenvalue weighted by molar-refractivity contribution is 5.82. The van der Waals surface area contributed by atoms with Crippen LogP contribution in [0.2, 0.25) is 0 Å². The number of nitrogens with two attached hydrogens (primary N) is 1. The van der Waals surface area contributed by atoms with Crippen LogP contribution in [0, 0.1) is 0 Å². The first kappa shape index (κ1) is 11.2. The van der Waals surface area contributed by atoms with E-state index in [1.54, 1.807) is 0 Å². The number of nitrogens with zero attached hydrogens (tertiary/aromatic N) is 1. The monoisotopic (exact) mass is 226 g/mol. The van der Waals surface area contributed by atoms with Crippen LogP contribution in [0.5, 0.6) is 0 Å². The van der Waals surface area contributed by atoms with Crippen molar-refractivity contribution in [3.8, 4) is 11.1 Å². The summed E-state index contributed by atoms with van der Waals surface area (Å²) in [6.45, 7) is 0. The molecule has 17 heavy (non-hydrogen) atoms. The summed E-state index contributed by atoms with van der Waals surface area (Å²) in [6.07, 6.45) is 0.464. The maximum Gasteiger partial charge on any atom is 0.143 e. The van der Waals surface area contributed by atoms with Gasteiger partial charge in [0.25, 0.3) is 0 Å². The highest BCUT2D eigenvalue weighted by Crippen LogP contribution is 2.19. The summed E-state index contributed by atoms with van der Waals surface area (Å²) < 4.78 is 0. The molecule has 86 valence electrons. The standard InChI is InChI=1S/C14H14N2O/c15-14(16-17)10-11-6-8-13(9-7-11)12-4-2-1-3-5-12/h1-9,17H,10H2,(H2,15,16). The zero-order valence-electron chi connectivity index (χ0n) is 9.38. The molecular formula is C14H14N2O. The Morgan fingerprint density at radius 3 is 2.12 bits per heavy atom. The summed E-state index contributed by atoms with van der Waals surface area (Å²) in [4.78, 5) is 0. The van der Waals surface area contributed by atoms with Crippen molar-refractivity contribution in [1.29, 1.82) is 0 Å². The van der Waals surface area contributed by atoms with Gasteiger partial charge in [-0.3, -0.25) is 0 Å². The molecular weight excluding hydrogens is 212 g/mol. The van der Waals surface area contributed by atoms with E-state index in [1.807, 2.05) is 42.5 Å². The van der Waals surface area contributed by atoms with Crippen molar-refractivity contribution in [1.82, 2.24) is 0 Å². The van der Waals surface area contributed by atoms with Crippen molar-refractivity contribution in [3.05, 3.63) is 60.2 Å². The molecule has 0 saturated heterocycles. The van der Waals surface area contributed by atoms with Gasteiger partial charge in [0.2, 0.25) is 0 Å². The zero-order valence-corrected chi connectivity index (χ0v) is 9.38. The van der Waals surface area contributed by atoms with Crippen LogP contribution in [-0.2, 0) is 6.42 Å². The second-order valence-corrected chi connectivity index (χ2v) is 3.83. The van der Waals surface area contributed by atoms with Gasteiger partial charge >= 0.3 is 0 Å². The van der Waals surface area contributed by atoms with E-state index in [0.29, 0.717) is 6.42 Å². The molecule has 3 nitrogen and oxygen atoms in total. The van der Waals surface area contributed by atoms with Crippen LogP contribution in [-0.4, -0.2) is 11.0 Å². The van der Waals surface area contributed by atoms with Gasteiger partial charge in [0.05, 0.1) is 0 Å². The van der Waals surface area contributed by atoms with Gasteiger partial charge in [0.15, 0.2) is 0 Å². The molecule has 2 aromatic carbocycles. The summed E-state index contributed by atoms with van der Waals surface area (Å²) in [7, 11) is 0. The Balaban J connectivity index is 2.19. The van der Waals surface area contributed by atoms with Gasteiger partial charge in [-0.15, -0.1) is 0 Å². The summed E-state index contributed by atoms with van der Waals surface area (Å²) >= 11 is 0. The number of benzene rings is 2. The molecule has 0 fully saturated rings. The molecule has 0 heterocycles. The lowest BCUT2D eigenvalue weighted by Gasteiger charge is -2.03. The molecule has 0 radical (unpaired) electrons. The van der Waals surface area contributed by atoms with Gasteiger partial charge in [0.1, 0.15) is 5.84 Å². The third kappa shape index (κ3) is 2.84. The van der Waals surface area contributed by atoms with Crippen LogP contribution >= 0.6 is 0 Å². The van der Waals surface area contributed by atoms with Crippen molar-refractivity contribution in [2.45, 2.75) is 6.42 Å². The number of hydrogen-bond acceptors (Lipinski definition) is 2. The van der Waals surface area contributed by atoms with Crippen LogP contribution in [0.25, 0.3) is 11.1 Å². The van der Waals surface area contributed by atoms with Crippen LogP contribution in [0.1, 0.15) is 5.56 Å². The van der Waals surface area contributed by atoms with E-state index >= 15 is 0 Å². The molecule has 3 N–H and O–H groups in total. The van der Waals surface area contributed by atoms with Crippen molar-refractivity contribution in [2.75, 3.05) is 0 Å². The number of rotatable bonds is 3. The third-order valence-electron chi connectivity index (χ3n) is 2.57. The molecule has 0 saturated carbocycles. The highest BCUT2D eigenvalue weighted by Gasteiger charge is 1.99. The minimum Gasteiger partial charge on any atom is -0.409 e. The lowest BCUT2D eigenvalue weighted by atomic mass is 10.0. The average Bonchev–Trinajstić information content (AvgIpc) is 2.40. The number of hydrogen-bond donors (Lipinski definition) is 2. The second-order valence-electron chi connectivity index (χ2n) is 3.83. The summed E-state index contributed by atoms with van der Waals surface area (Å²) in [6, 6.07) is 18.2. The maximum atomic E-state index is 8.49. The molecule has 0 unspecified atom stereocenters. The largest absolute Gasteiger partial charge is 0.409 e. The lowest BCUT2D eigenvalue weighted by Crippen LogP contribution is -2.14. The quantitative estimate of drug-likeness (QED) is 0.366. The molecule has 0 atom stereocenters. The minimum atomic E-state index is 0.220. The van der Waals surface area contributed by atoms with E-state index in [-0.39, 0.29) is 5.84 Å². The molecule has 0 aliphatic carbocycles. The molecule has 0 aliphatic rings. The number of oxime groups is 1. The normalized spacial score (nSPS) is 11.4. The zero-order chi connectivity index (χ0) is 12.1. The van der Waals surface area contributed by atoms with Gasteiger partial charge in [-0.25, -0.2) is 0 Å². The molecule has 0 aliphatic heterocycles. The Morgan fingerprint density at radius 2 is 1.53 bits per heavy atom. The molecule has 2 aromatic rings. The first-order valence-electron chi connectivity index (χ1n) is 5.40. The van der Waals surface area contributed by atoms with E-state index in [2.05, 4.69) is 17.3 Å². The second kappa shape index (κ2) is 5.16. The lowest BCUT2D eigenvalue weighted by molar-refractivity contribution is 0.317. The predicted octanol–water partition coefficient (Wildman–Crippen LogP) is 2.64. The molecule has 0 aromatic heterocycles. The van der Waals surface area contributed by atoms with E-state index in [0.717, 1.165) is 11.1 Å². The Hall–Kier alpha value is -2.29. The van der Waals surface area contributed by atoms with E-state index < -0.39 is 0 Å². The average molecular weight is 226 g/mol. The Kier molecular flexibility index (Phi) is 3.40. The predicted molar refractivity (Wildman–Crippen MR) is 69.0 cm³/mol. The molecule has 3 heteroatoms. The van der Waals surface area contributed by atoms with Crippen LogP contribution < -0.4 is 5.73 Å². The summed E-state index contributed by atoms with van der Waals surface area (Å²) in [5, 5.41) is 11.5. The fourth-order valence-corrected chi connectivity index (χ4v) is 1.69. The molecule has 2 rings (SSSR count). The topological polar surface area (TPSA) is 58.6 Å². The van der Waals surface area contributed by atoms with Crippen molar-refractivity contribution >= 4 is 5.84 Å². The van der Waals surface area contributed by atoms with E-state index in [9.17, 15) is 0 Å².